The van der Waals surface area contributed by atoms with E-state index in [-0.39, 0.29) is 10.8 Å². The fourth-order valence-corrected chi connectivity index (χ4v) is 4.41. The second-order valence-corrected chi connectivity index (χ2v) is 6.11. The van der Waals surface area contributed by atoms with Crippen molar-refractivity contribution in [3.63, 3.8) is 0 Å². The monoisotopic (exact) mass is 269 g/mol. The van der Waals surface area contributed by atoms with E-state index >= 15 is 0 Å². The standard InChI is InChI=1S/C20H15N/c1-2-8-16-15(7-1)10-11-18-20(16)14-6-5-13-19(20)12-4-3-9-17(19)21-18/h1-14,16H. The van der Waals surface area contributed by atoms with Crippen LogP contribution < -0.4 is 0 Å². The number of hydrogen-bond acceptors (Lipinski definition) is 1. The molecule has 3 atom stereocenters. The van der Waals surface area contributed by atoms with Crippen LogP contribution in [-0.4, -0.2) is 5.71 Å². The molecule has 1 heteroatoms. The molecule has 4 aliphatic carbocycles. The Morgan fingerprint density at radius 3 is 2.57 bits per heavy atom. The first-order valence-electron chi connectivity index (χ1n) is 7.46. The van der Waals surface area contributed by atoms with Crippen LogP contribution in [0.2, 0.25) is 0 Å². The quantitative estimate of drug-likeness (QED) is 0.624. The molecular weight excluding hydrogens is 254 g/mol. The summed E-state index contributed by atoms with van der Waals surface area (Å²) in [7, 11) is 0. The highest BCUT2D eigenvalue weighted by Crippen LogP contribution is 2.64. The maximum absolute atomic E-state index is 4.98. The molecule has 0 saturated heterocycles. The fourth-order valence-electron chi connectivity index (χ4n) is 4.41. The topological polar surface area (TPSA) is 12.4 Å². The Labute approximate surface area is 124 Å². The Hall–Kier alpha value is -2.41. The predicted molar refractivity (Wildman–Crippen MR) is 86.8 cm³/mol. The predicted octanol–water partition coefficient (Wildman–Crippen LogP) is 4.23. The summed E-state index contributed by atoms with van der Waals surface area (Å²) in [6.45, 7) is 0. The minimum Gasteiger partial charge on any atom is -0.256 e. The van der Waals surface area contributed by atoms with E-state index in [1.54, 1.807) is 0 Å². The summed E-state index contributed by atoms with van der Waals surface area (Å²) in [5.41, 5.74) is 3.48. The average molecular weight is 269 g/mol. The van der Waals surface area contributed by atoms with E-state index in [1.165, 1.54) is 11.3 Å². The summed E-state index contributed by atoms with van der Waals surface area (Å²) < 4.78 is 0. The van der Waals surface area contributed by atoms with Gasteiger partial charge in [0.15, 0.2) is 0 Å². The van der Waals surface area contributed by atoms with Crippen LogP contribution in [-0.2, 0) is 0 Å². The van der Waals surface area contributed by atoms with Crippen LogP contribution >= 0.6 is 0 Å². The normalized spacial score (nSPS) is 40.0. The van der Waals surface area contributed by atoms with E-state index in [0.717, 1.165) is 5.71 Å². The Morgan fingerprint density at radius 2 is 1.62 bits per heavy atom. The van der Waals surface area contributed by atoms with Crippen LogP contribution in [0.1, 0.15) is 0 Å². The van der Waals surface area contributed by atoms with Gasteiger partial charge in [-0.25, -0.2) is 0 Å². The maximum atomic E-state index is 4.98. The molecule has 0 radical (unpaired) electrons. The van der Waals surface area contributed by atoms with Crippen molar-refractivity contribution in [1.29, 1.82) is 0 Å². The first-order valence-corrected chi connectivity index (χ1v) is 7.46. The van der Waals surface area contributed by atoms with E-state index in [2.05, 4.69) is 85.1 Å². The second kappa shape index (κ2) is 3.62. The summed E-state index contributed by atoms with van der Waals surface area (Å²) in [6, 6.07) is 0. The van der Waals surface area contributed by atoms with E-state index in [4.69, 9.17) is 4.99 Å². The molecule has 1 aliphatic heterocycles. The lowest BCUT2D eigenvalue weighted by molar-refractivity contribution is 0.275. The van der Waals surface area contributed by atoms with Crippen molar-refractivity contribution in [3.05, 3.63) is 96.3 Å². The number of allylic oxidation sites excluding steroid dienone is 15. The molecule has 0 N–H and O–H groups in total. The van der Waals surface area contributed by atoms with Gasteiger partial charge < -0.3 is 0 Å². The van der Waals surface area contributed by atoms with E-state index in [0.29, 0.717) is 5.92 Å². The third kappa shape index (κ3) is 1.13. The lowest BCUT2D eigenvalue weighted by atomic mass is 9.50. The summed E-state index contributed by atoms with van der Waals surface area (Å²) in [5, 5.41) is 0. The van der Waals surface area contributed by atoms with Gasteiger partial charge in [-0.1, -0.05) is 72.9 Å². The largest absolute Gasteiger partial charge is 0.256 e. The average Bonchev–Trinajstić information content (AvgIpc) is 2.86. The van der Waals surface area contributed by atoms with Crippen LogP contribution in [0.5, 0.6) is 0 Å². The lowest BCUT2D eigenvalue weighted by Gasteiger charge is -2.49. The molecule has 5 aliphatic rings. The molecule has 21 heavy (non-hydrogen) atoms. The van der Waals surface area contributed by atoms with Crippen molar-refractivity contribution >= 4 is 5.71 Å². The highest BCUT2D eigenvalue weighted by atomic mass is 14.9. The van der Waals surface area contributed by atoms with Crippen LogP contribution in [0.25, 0.3) is 0 Å². The van der Waals surface area contributed by atoms with Gasteiger partial charge in [0.05, 0.1) is 22.2 Å². The first kappa shape index (κ1) is 11.3. The molecule has 0 saturated carbocycles. The van der Waals surface area contributed by atoms with Gasteiger partial charge in [0, 0.05) is 5.92 Å². The minimum absolute atomic E-state index is 0.107. The summed E-state index contributed by atoms with van der Waals surface area (Å²) in [5.74, 6) is 0.348. The Bertz CT molecular complexity index is 797. The third-order valence-electron chi connectivity index (χ3n) is 5.31. The number of rotatable bonds is 0. The van der Waals surface area contributed by atoms with Gasteiger partial charge in [0.1, 0.15) is 0 Å². The van der Waals surface area contributed by atoms with Crippen LogP contribution in [0.4, 0.5) is 0 Å². The molecule has 0 aromatic rings. The molecule has 0 amide bonds. The highest BCUT2D eigenvalue weighted by Gasteiger charge is 2.61. The van der Waals surface area contributed by atoms with Crippen molar-refractivity contribution in [3.8, 4) is 0 Å². The molecule has 5 rings (SSSR count). The van der Waals surface area contributed by atoms with Crippen molar-refractivity contribution in [2.45, 2.75) is 0 Å². The molecule has 0 aromatic carbocycles. The van der Waals surface area contributed by atoms with Gasteiger partial charge in [-0.2, -0.15) is 0 Å². The lowest BCUT2D eigenvalue weighted by Crippen LogP contribution is -2.47. The zero-order chi connectivity index (χ0) is 13.9. The Kier molecular flexibility index (Phi) is 1.94. The number of hydrogen-bond donors (Lipinski definition) is 0. The van der Waals surface area contributed by atoms with Crippen molar-refractivity contribution < 1.29 is 0 Å². The SMILES string of the molecule is C1=CC2=CC=C3N=C4C=CC=CC45C=CC=CC35C2C=C1. The summed E-state index contributed by atoms with van der Waals surface area (Å²) in [6.07, 6.45) is 31.0. The molecule has 100 valence electrons. The van der Waals surface area contributed by atoms with Gasteiger partial charge in [0.2, 0.25) is 0 Å². The van der Waals surface area contributed by atoms with E-state index < -0.39 is 0 Å². The maximum Gasteiger partial charge on any atom is 0.0647 e. The molecule has 0 aromatic heterocycles. The second-order valence-electron chi connectivity index (χ2n) is 6.11. The number of aliphatic imine (C=N–C) groups is 1. The van der Waals surface area contributed by atoms with Gasteiger partial charge >= 0.3 is 0 Å². The fraction of sp³-hybridized carbons (Fsp3) is 0.150. The molecule has 1 nitrogen and oxygen atoms in total. The van der Waals surface area contributed by atoms with Gasteiger partial charge in [-0.3, -0.25) is 4.99 Å². The van der Waals surface area contributed by atoms with E-state index in [9.17, 15) is 0 Å². The smallest absolute Gasteiger partial charge is 0.0647 e. The Balaban J connectivity index is 1.85. The van der Waals surface area contributed by atoms with Crippen LogP contribution in [0.3, 0.4) is 0 Å². The zero-order valence-corrected chi connectivity index (χ0v) is 11.6. The molecule has 0 fully saturated rings. The van der Waals surface area contributed by atoms with Crippen LogP contribution in [0.15, 0.2) is 101 Å². The van der Waals surface area contributed by atoms with Crippen molar-refractivity contribution in [2.75, 3.05) is 0 Å². The molecular formula is C20H15N. The zero-order valence-electron chi connectivity index (χ0n) is 11.6. The van der Waals surface area contributed by atoms with Gasteiger partial charge in [0.25, 0.3) is 0 Å². The first-order chi connectivity index (χ1) is 10.4. The summed E-state index contributed by atoms with van der Waals surface area (Å²) >= 11 is 0. The van der Waals surface area contributed by atoms with E-state index in [1.807, 2.05) is 0 Å². The van der Waals surface area contributed by atoms with Gasteiger partial charge in [-0.05, 0) is 17.7 Å². The molecule has 3 unspecified atom stereocenters. The van der Waals surface area contributed by atoms with Crippen molar-refractivity contribution in [1.82, 2.24) is 0 Å². The number of nitrogens with zero attached hydrogens (tertiary/aromatic N) is 1. The van der Waals surface area contributed by atoms with Crippen molar-refractivity contribution in [2.24, 2.45) is 21.7 Å². The number of fused-ring (bicyclic) bond motifs is 1. The third-order valence-corrected chi connectivity index (χ3v) is 5.31. The molecule has 1 heterocycles. The Morgan fingerprint density at radius 1 is 0.810 bits per heavy atom. The molecule has 0 bridgehead atoms. The molecule has 2 spiro atoms. The minimum atomic E-state index is -0.137. The summed E-state index contributed by atoms with van der Waals surface area (Å²) in [4.78, 5) is 4.98. The van der Waals surface area contributed by atoms with Crippen LogP contribution in [0, 0.1) is 16.7 Å². The highest BCUT2D eigenvalue weighted by molar-refractivity contribution is 6.08. The van der Waals surface area contributed by atoms with Gasteiger partial charge in [-0.15, -0.1) is 0 Å².